The Morgan fingerprint density at radius 3 is 1.72 bits per heavy atom. The first-order valence-corrected chi connectivity index (χ1v) is 13.0. The second-order valence-corrected chi connectivity index (χ2v) is 9.76. The van der Waals surface area contributed by atoms with Crippen molar-refractivity contribution in [3.05, 3.63) is 119 Å². The highest BCUT2D eigenvalue weighted by Gasteiger charge is 2.45. The molecule has 36 heavy (non-hydrogen) atoms. The van der Waals surface area contributed by atoms with Crippen molar-refractivity contribution in [1.82, 2.24) is 0 Å². The van der Waals surface area contributed by atoms with Gasteiger partial charge < -0.3 is 14.6 Å². The number of aliphatic hydroxyl groups is 1. The van der Waals surface area contributed by atoms with Crippen LogP contribution >= 0.6 is 11.6 Å². The van der Waals surface area contributed by atoms with Gasteiger partial charge in [-0.05, 0) is 64.1 Å². The monoisotopic (exact) mass is 498 g/mol. The topological polar surface area (TPSA) is 38.7 Å². The predicted octanol–water partition coefficient (Wildman–Crippen LogP) is 7.06. The van der Waals surface area contributed by atoms with E-state index < -0.39 is 5.41 Å². The normalized spacial score (nSPS) is 14.1. The number of halogens is 1. The van der Waals surface area contributed by atoms with E-state index in [1.807, 2.05) is 19.1 Å². The van der Waals surface area contributed by atoms with Crippen molar-refractivity contribution in [2.24, 2.45) is 5.92 Å². The van der Waals surface area contributed by atoms with E-state index in [9.17, 15) is 5.11 Å². The van der Waals surface area contributed by atoms with E-state index in [4.69, 9.17) is 21.1 Å². The summed E-state index contributed by atoms with van der Waals surface area (Å²) in [5.74, 6) is 2.33. The Morgan fingerprint density at radius 2 is 1.22 bits per heavy atom. The molecule has 4 aromatic carbocycles. The first-order chi connectivity index (χ1) is 17.7. The molecule has 0 heterocycles. The zero-order chi connectivity index (χ0) is 25.0. The summed E-state index contributed by atoms with van der Waals surface area (Å²) < 4.78 is 11.8. The molecule has 0 saturated heterocycles. The number of fused-ring (bicyclic) bond motifs is 3. The molecule has 4 aromatic rings. The van der Waals surface area contributed by atoms with Crippen LogP contribution in [0, 0.1) is 5.92 Å². The Morgan fingerprint density at radius 1 is 0.722 bits per heavy atom. The summed E-state index contributed by atoms with van der Waals surface area (Å²) in [5.41, 5.74) is 6.96. The Kier molecular flexibility index (Phi) is 7.31. The Bertz CT molecular complexity index is 1250. The Hall–Kier alpha value is -3.27. The summed E-state index contributed by atoms with van der Waals surface area (Å²) in [6.07, 6.45) is 0.819. The van der Waals surface area contributed by atoms with Crippen molar-refractivity contribution in [3.8, 4) is 22.6 Å². The molecule has 1 atom stereocenters. The molecule has 0 spiro atoms. The van der Waals surface area contributed by atoms with E-state index >= 15 is 0 Å². The maximum atomic E-state index is 9.33. The number of rotatable bonds is 10. The lowest BCUT2D eigenvalue weighted by atomic mass is 9.68. The van der Waals surface area contributed by atoms with E-state index in [0.29, 0.717) is 19.1 Å². The van der Waals surface area contributed by atoms with Crippen LogP contribution in [-0.4, -0.2) is 30.8 Å². The molecule has 5 rings (SSSR count). The summed E-state index contributed by atoms with van der Waals surface area (Å²) in [7, 11) is 0. The molecule has 1 unspecified atom stereocenters. The van der Waals surface area contributed by atoms with E-state index in [2.05, 4.69) is 84.9 Å². The molecule has 3 nitrogen and oxygen atoms in total. The van der Waals surface area contributed by atoms with Gasteiger partial charge >= 0.3 is 0 Å². The van der Waals surface area contributed by atoms with Gasteiger partial charge in [-0.3, -0.25) is 0 Å². The van der Waals surface area contributed by atoms with Gasteiger partial charge in [-0.15, -0.1) is 11.6 Å². The second kappa shape index (κ2) is 10.8. The molecule has 1 aliphatic rings. The molecule has 0 saturated carbocycles. The molecular formula is C32H31ClO3. The summed E-state index contributed by atoms with van der Waals surface area (Å²) in [6, 6.07) is 34.3. The van der Waals surface area contributed by atoms with Gasteiger partial charge in [0, 0.05) is 18.4 Å². The molecule has 0 aliphatic heterocycles. The Balaban J connectivity index is 1.63. The lowest BCUT2D eigenvalue weighted by Crippen LogP contribution is -2.28. The molecule has 0 amide bonds. The minimum absolute atomic E-state index is 0.0924. The largest absolute Gasteiger partial charge is 0.494 e. The first-order valence-electron chi connectivity index (χ1n) is 12.5. The molecule has 0 aromatic heterocycles. The van der Waals surface area contributed by atoms with Gasteiger partial charge in [0.15, 0.2) is 0 Å². The zero-order valence-electron chi connectivity index (χ0n) is 20.5. The number of hydrogen-bond acceptors (Lipinski definition) is 3. The van der Waals surface area contributed by atoms with Gasteiger partial charge in [0.05, 0.1) is 18.6 Å². The highest BCUT2D eigenvalue weighted by atomic mass is 35.5. The minimum Gasteiger partial charge on any atom is -0.494 e. The van der Waals surface area contributed by atoms with Crippen LogP contribution in [0.3, 0.4) is 0 Å². The van der Waals surface area contributed by atoms with Crippen LogP contribution in [0.5, 0.6) is 11.5 Å². The lowest BCUT2D eigenvalue weighted by Gasteiger charge is -2.34. The van der Waals surface area contributed by atoms with Crippen LogP contribution in [-0.2, 0) is 5.41 Å². The summed E-state index contributed by atoms with van der Waals surface area (Å²) in [6.45, 7) is 3.17. The molecular weight excluding hydrogens is 468 g/mol. The number of hydrogen-bond donors (Lipinski definition) is 1. The fourth-order valence-electron chi connectivity index (χ4n) is 5.16. The third-order valence-electron chi connectivity index (χ3n) is 6.92. The SMILES string of the molecule is CC(CO)COc1ccc(C2(c3ccc(OCCCCl)cc3)c3ccccc3-c3ccccc32)cc1. The van der Waals surface area contributed by atoms with Crippen LogP contribution in [0.15, 0.2) is 97.1 Å². The predicted molar refractivity (Wildman–Crippen MR) is 146 cm³/mol. The fourth-order valence-corrected chi connectivity index (χ4v) is 5.27. The minimum atomic E-state index is -0.460. The molecule has 1 N–H and O–H groups in total. The van der Waals surface area contributed by atoms with Crippen molar-refractivity contribution in [3.63, 3.8) is 0 Å². The van der Waals surface area contributed by atoms with Crippen molar-refractivity contribution < 1.29 is 14.6 Å². The number of benzene rings is 4. The zero-order valence-corrected chi connectivity index (χ0v) is 21.2. The van der Waals surface area contributed by atoms with Crippen LogP contribution in [0.4, 0.5) is 0 Å². The maximum Gasteiger partial charge on any atom is 0.119 e. The van der Waals surface area contributed by atoms with Crippen molar-refractivity contribution in [2.45, 2.75) is 18.8 Å². The highest BCUT2D eigenvalue weighted by molar-refractivity contribution is 6.17. The molecule has 184 valence electrons. The summed E-state index contributed by atoms with van der Waals surface area (Å²) in [4.78, 5) is 0. The van der Waals surface area contributed by atoms with Crippen molar-refractivity contribution in [2.75, 3.05) is 25.7 Å². The Labute approximate surface area is 218 Å². The van der Waals surface area contributed by atoms with Gasteiger partial charge in [0.25, 0.3) is 0 Å². The van der Waals surface area contributed by atoms with Crippen LogP contribution in [0.1, 0.15) is 35.6 Å². The molecule has 4 heteroatoms. The number of aliphatic hydroxyl groups excluding tert-OH is 1. The van der Waals surface area contributed by atoms with Crippen molar-refractivity contribution >= 4 is 11.6 Å². The number of ether oxygens (including phenoxy) is 2. The molecule has 0 fully saturated rings. The smallest absolute Gasteiger partial charge is 0.119 e. The second-order valence-electron chi connectivity index (χ2n) is 9.38. The summed E-state index contributed by atoms with van der Waals surface area (Å²) in [5, 5.41) is 9.33. The first kappa shape index (κ1) is 24.4. The van der Waals surface area contributed by atoms with Gasteiger partial charge in [0.1, 0.15) is 11.5 Å². The average Bonchev–Trinajstić information content (AvgIpc) is 3.24. The van der Waals surface area contributed by atoms with Gasteiger partial charge in [0.2, 0.25) is 0 Å². The molecule has 1 aliphatic carbocycles. The van der Waals surface area contributed by atoms with E-state index in [0.717, 1.165) is 17.9 Å². The molecule has 0 radical (unpaired) electrons. The highest BCUT2D eigenvalue weighted by Crippen LogP contribution is 2.56. The quantitative estimate of drug-likeness (QED) is 0.165. The molecule has 0 bridgehead atoms. The van der Waals surface area contributed by atoms with Gasteiger partial charge in [-0.1, -0.05) is 79.7 Å². The average molecular weight is 499 g/mol. The van der Waals surface area contributed by atoms with E-state index in [1.165, 1.54) is 33.4 Å². The van der Waals surface area contributed by atoms with Crippen LogP contribution < -0.4 is 9.47 Å². The maximum absolute atomic E-state index is 9.33. The van der Waals surface area contributed by atoms with E-state index in [-0.39, 0.29) is 12.5 Å². The third-order valence-corrected chi connectivity index (χ3v) is 7.19. The standard InChI is InChI=1S/C32H31ClO3/c1-23(21-34)22-36-27-17-13-25(14-18-27)32(24-11-15-26(16-12-24)35-20-6-19-33)30-9-4-2-7-28(30)29-8-3-5-10-31(29)32/h2-5,7-18,23,34H,6,19-22H2,1H3. The van der Waals surface area contributed by atoms with Crippen LogP contribution in [0.2, 0.25) is 0 Å². The van der Waals surface area contributed by atoms with Gasteiger partial charge in [-0.25, -0.2) is 0 Å². The van der Waals surface area contributed by atoms with Crippen LogP contribution in [0.25, 0.3) is 11.1 Å². The lowest BCUT2D eigenvalue weighted by molar-refractivity contribution is 0.174. The fraction of sp³-hybridized carbons (Fsp3) is 0.250. The van der Waals surface area contributed by atoms with Crippen molar-refractivity contribution in [1.29, 1.82) is 0 Å². The summed E-state index contributed by atoms with van der Waals surface area (Å²) >= 11 is 5.81. The third kappa shape index (κ3) is 4.38. The van der Waals surface area contributed by atoms with Gasteiger partial charge in [-0.2, -0.15) is 0 Å². The number of alkyl halides is 1. The van der Waals surface area contributed by atoms with E-state index in [1.54, 1.807) is 0 Å².